The Kier molecular flexibility index (Phi) is 3.72. The molecule has 18 heavy (non-hydrogen) atoms. The molecule has 0 saturated heterocycles. The molecular formula is C13H15N3O2. The Morgan fingerprint density at radius 2 is 2.17 bits per heavy atom. The molecule has 0 radical (unpaired) electrons. The summed E-state index contributed by atoms with van der Waals surface area (Å²) in [4.78, 5) is 12.4. The van der Waals surface area contributed by atoms with E-state index in [1.54, 1.807) is 23.9 Å². The molecule has 0 fully saturated rings. The average Bonchev–Trinajstić information content (AvgIpc) is 2.86. The lowest BCUT2D eigenvalue weighted by atomic mass is 10.1. The number of ketones is 1. The van der Waals surface area contributed by atoms with Gasteiger partial charge in [0.25, 0.3) is 0 Å². The Labute approximate surface area is 105 Å². The van der Waals surface area contributed by atoms with Crippen LogP contribution in [-0.2, 0) is 6.54 Å². The van der Waals surface area contributed by atoms with Gasteiger partial charge in [-0.2, -0.15) is 0 Å². The molecule has 0 atom stereocenters. The van der Waals surface area contributed by atoms with E-state index >= 15 is 0 Å². The fraction of sp³-hybridized carbons (Fsp3) is 0.308. The highest BCUT2D eigenvalue weighted by Gasteiger charge is 2.18. The number of aromatic nitrogens is 3. The summed E-state index contributed by atoms with van der Waals surface area (Å²) in [5.74, 6) is 0.442. The van der Waals surface area contributed by atoms with Crippen molar-refractivity contribution in [2.24, 2.45) is 0 Å². The molecule has 0 amide bonds. The van der Waals surface area contributed by atoms with Gasteiger partial charge in [-0.05, 0) is 18.6 Å². The zero-order valence-electron chi connectivity index (χ0n) is 10.5. The van der Waals surface area contributed by atoms with Crippen molar-refractivity contribution in [3.05, 3.63) is 41.7 Å². The quantitative estimate of drug-likeness (QED) is 0.755. The van der Waals surface area contributed by atoms with Crippen LogP contribution in [0, 0.1) is 0 Å². The smallest absolute Gasteiger partial charge is 0.216 e. The number of aryl methyl sites for hydroxylation is 1. The third-order valence-corrected chi connectivity index (χ3v) is 2.64. The molecule has 0 aliphatic rings. The van der Waals surface area contributed by atoms with Gasteiger partial charge in [0.1, 0.15) is 11.4 Å². The summed E-state index contributed by atoms with van der Waals surface area (Å²) in [6.07, 6.45) is 2.39. The van der Waals surface area contributed by atoms with Crippen LogP contribution in [0.25, 0.3) is 0 Å². The molecule has 1 heterocycles. The number of carbonyl (C=O) groups is 1. The van der Waals surface area contributed by atoms with Gasteiger partial charge >= 0.3 is 0 Å². The van der Waals surface area contributed by atoms with Crippen LogP contribution in [0.1, 0.15) is 29.4 Å². The van der Waals surface area contributed by atoms with Gasteiger partial charge in [-0.3, -0.25) is 4.79 Å². The zero-order valence-corrected chi connectivity index (χ0v) is 10.5. The van der Waals surface area contributed by atoms with E-state index in [-0.39, 0.29) is 5.78 Å². The summed E-state index contributed by atoms with van der Waals surface area (Å²) in [5, 5.41) is 7.71. The van der Waals surface area contributed by atoms with Crippen LogP contribution in [0.2, 0.25) is 0 Å². The minimum absolute atomic E-state index is 0.120. The van der Waals surface area contributed by atoms with Gasteiger partial charge in [0.05, 0.1) is 18.9 Å². The lowest BCUT2D eigenvalue weighted by molar-refractivity contribution is 0.102. The minimum Gasteiger partial charge on any atom is -0.496 e. The molecule has 0 aliphatic carbocycles. The molecule has 5 nitrogen and oxygen atoms in total. The second-order valence-electron chi connectivity index (χ2n) is 3.87. The van der Waals surface area contributed by atoms with E-state index in [4.69, 9.17) is 4.74 Å². The van der Waals surface area contributed by atoms with E-state index in [9.17, 15) is 4.79 Å². The summed E-state index contributed by atoms with van der Waals surface area (Å²) in [7, 11) is 1.55. The molecule has 0 bridgehead atoms. The molecule has 1 aromatic carbocycles. The monoisotopic (exact) mass is 245 g/mol. The van der Waals surface area contributed by atoms with Gasteiger partial charge in [-0.25, -0.2) is 4.68 Å². The number of methoxy groups -OCH3 is 1. The second-order valence-corrected chi connectivity index (χ2v) is 3.87. The van der Waals surface area contributed by atoms with Gasteiger partial charge < -0.3 is 4.74 Å². The van der Waals surface area contributed by atoms with E-state index in [0.29, 0.717) is 23.6 Å². The van der Waals surface area contributed by atoms with Gasteiger partial charge in [0.2, 0.25) is 5.78 Å². The predicted octanol–water partition coefficient (Wildman–Crippen LogP) is 1.93. The zero-order chi connectivity index (χ0) is 13.0. The van der Waals surface area contributed by atoms with E-state index in [0.717, 1.165) is 6.42 Å². The molecular weight excluding hydrogens is 230 g/mol. The Morgan fingerprint density at radius 1 is 1.39 bits per heavy atom. The maximum Gasteiger partial charge on any atom is 0.216 e. The number of carbonyl (C=O) groups excluding carboxylic acids is 1. The summed E-state index contributed by atoms with van der Waals surface area (Å²) < 4.78 is 6.81. The number of ether oxygens (including phenoxy) is 1. The Bertz CT molecular complexity index is 549. The number of hydrogen-bond donors (Lipinski definition) is 0. The molecule has 0 saturated carbocycles. The van der Waals surface area contributed by atoms with Crippen molar-refractivity contribution < 1.29 is 9.53 Å². The summed E-state index contributed by atoms with van der Waals surface area (Å²) in [6, 6.07) is 7.15. The Morgan fingerprint density at radius 3 is 2.89 bits per heavy atom. The molecule has 2 aromatic rings. The molecule has 1 aromatic heterocycles. The van der Waals surface area contributed by atoms with Gasteiger partial charge in [-0.1, -0.05) is 24.3 Å². The van der Waals surface area contributed by atoms with E-state index in [2.05, 4.69) is 10.3 Å². The standard InChI is InChI=1S/C13H15N3O2/c1-3-8-16-11(9-14-15-16)13(17)10-6-4-5-7-12(10)18-2/h4-7,9H,3,8H2,1-2H3. The minimum atomic E-state index is -0.120. The first-order valence-corrected chi connectivity index (χ1v) is 5.84. The molecule has 0 N–H and O–H groups in total. The fourth-order valence-corrected chi connectivity index (χ4v) is 1.78. The first-order chi connectivity index (χ1) is 8.77. The van der Waals surface area contributed by atoms with Crippen LogP contribution in [-0.4, -0.2) is 27.9 Å². The number of rotatable bonds is 5. The summed E-state index contributed by atoms with van der Waals surface area (Å²) >= 11 is 0. The van der Waals surface area contributed by atoms with Crippen molar-refractivity contribution in [1.29, 1.82) is 0 Å². The van der Waals surface area contributed by atoms with Crippen molar-refractivity contribution in [2.45, 2.75) is 19.9 Å². The summed E-state index contributed by atoms with van der Waals surface area (Å²) in [6.45, 7) is 2.70. The van der Waals surface area contributed by atoms with Crippen LogP contribution in [0.15, 0.2) is 30.5 Å². The van der Waals surface area contributed by atoms with E-state index in [1.807, 2.05) is 19.1 Å². The highest BCUT2D eigenvalue weighted by molar-refractivity contribution is 6.09. The van der Waals surface area contributed by atoms with Gasteiger partial charge in [-0.15, -0.1) is 5.10 Å². The lowest BCUT2D eigenvalue weighted by Gasteiger charge is -2.07. The SMILES string of the molecule is CCCn1nncc1C(=O)c1ccccc1OC. The third kappa shape index (κ3) is 2.25. The molecule has 0 spiro atoms. The molecule has 94 valence electrons. The molecule has 2 rings (SSSR count). The van der Waals surface area contributed by atoms with Crippen molar-refractivity contribution in [3.8, 4) is 5.75 Å². The van der Waals surface area contributed by atoms with Crippen LogP contribution in [0.3, 0.4) is 0 Å². The Hall–Kier alpha value is -2.17. The van der Waals surface area contributed by atoms with Crippen molar-refractivity contribution in [1.82, 2.24) is 15.0 Å². The van der Waals surface area contributed by atoms with Gasteiger partial charge in [0.15, 0.2) is 0 Å². The lowest BCUT2D eigenvalue weighted by Crippen LogP contribution is -2.12. The van der Waals surface area contributed by atoms with Crippen LogP contribution in [0.5, 0.6) is 5.75 Å². The highest BCUT2D eigenvalue weighted by Crippen LogP contribution is 2.20. The maximum atomic E-state index is 12.4. The van der Waals surface area contributed by atoms with Gasteiger partial charge in [0, 0.05) is 6.54 Å². The normalized spacial score (nSPS) is 10.3. The number of nitrogens with zero attached hydrogens (tertiary/aromatic N) is 3. The number of hydrogen-bond acceptors (Lipinski definition) is 4. The van der Waals surface area contributed by atoms with Crippen molar-refractivity contribution in [3.63, 3.8) is 0 Å². The first-order valence-electron chi connectivity index (χ1n) is 5.84. The van der Waals surface area contributed by atoms with Crippen molar-refractivity contribution in [2.75, 3.05) is 7.11 Å². The second kappa shape index (κ2) is 5.44. The van der Waals surface area contributed by atoms with Crippen LogP contribution in [0.4, 0.5) is 0 Å². The predicted molar refractivity (Wildman–Crippen MR) is 66.7 cm³/mol. The average molecular weight is 245 g/mol. The molecule has 0 aliphatic heterocycles. The molecule has 0 unspecified atom stereocenters. The van der Waals surface area contributed by atoms with E-state index < -0.39 is 0 Å². The number of para-hydroxylation sites is 1. The summed E-state index contributed by atoms with van der Waals surface area (Å²) in [5.41, 5.74) is 1.01. The highest BCUT2D eigenvalue weighted by atomic mass is 16.5. The number of benzene rings is 1. The van der Waals surface area contributed by atoms with Crippen LogP contribution >= 0.6 is 0 Å². The third-order valence-electron chi connectivity index (χ3n) is 2.64. The largest absolute Gasteiger partial charge is 0.496 e. The van der Waals surface area contributed by atoms with E-state index in [1.165, 1.54) is 6.20 Å². The maximum absolute atomic E-state index is 12.4. The molecule has 5 heteroatoms. The first kappa shape index (κ1) is 12.3. The fourth-order valence-electron chi connectivity index (χ4n) is 1.78. The topological polar surface area (TPSA) is 57.0 Å². The Balaban J connectivity index is 2.38. The van der Waals surface area contributed by atoms with Crippen molar-refractivity contribution >= 4 is 5.78 Å². The van der Waals surface area contributed by atoms with Crippen LogP contribution < -0.4 is 4.74 Å².